The monoisotopic (exact) mass is 223 g/mol. The SMILES string of the molecule is CO/C=C(/C(=O)OC)c1cc(C=O)n(C)c1. The minimum absolute atomic E-state index is 0.272. The van der Waals surface area contributed by atoms with Gasteiger partial charge >= 0.3 is 5.97 Å². The highest BCUT2D eigenvalue weighted by Gasteiger charge is 2.15. The van der Waals surface area contributed by atoms with Crippen molar-refractivity contribution in [1.29, 1.82) is 0 Å². The lowest BCUT2D eigenvalue weighted by atomic mass is 10.1. The number of aldehydes is 1. The van der Waals surface area contributed by atoms with E-state index < -0.39 is 5.97 Å². The van der Waals surface area contributed by atoms with Crippen LogP contribution in [0.1, 0.15) is 16.1 Å². The summed E-state index contributed by atoms with van der Waals surface area (Å²) in [6, 6.07) is 1.59. The molecule has 0 fully saturated rings. The lowest BCUT2D eigenvalue weighted by Gasteiger charge is -2.02. The molecule has 0 aliphatic carbocycles. The van der Waals surface area contributed by atoms with Crippen LogP contribution in [0.3, 0.4) is 0 Å². The van der Waals surface area contributed by atoms with Crippen LogP contribution >= 0.6 is 0 Å². The van der Waals surface area contributed by atoms with E-state index in [0.717, 1.165) is 0 Å². The summed E-state index contributed by atoms with van der Waals surface area (Å²) < 4.78 is 11.0. The Morgan fingerprint density at radius 2 is 2.12 bits per heavy atom. The second-order valence-corrected chi connectivity index (χ2v) is 3.14. The fraction of sp³-hybridized carbons (Fsp3) is 0.273. The van der Waals surface area contributed by atoms with Gasteiger partial charge in [0.15, 0.2) is 6.29 Å². The van der Waals surface area contributed by atoms with Crippen molar-refractivity contribution in [2.75, 3.05) is 14.2 Å². The van der Waals surface area contributed by atoms with Crippen molar-refractivity contribution >= 4 is 17.8 Å². The van der Waals surface area contributed by atoms with Crippen LogP contribution in [0.15, 0.2) is 18.5 Å². The third-order valence-corrected chi connectivity index (χ3v) is 2.12. The van der Waals surface area contributed by atoms with E-state index in [1.54, 1.807) is 23.9 Å². The van der Waals surface area contributed by atoms with Crippen LogP contribution < -0.4 is 0 Å². The van der Waals surface area contributed by atoms with Gasteiger partial charge in [0.05, 0.1) is 26.2 Å². The lowest BCUT2D eigenvalue weighted by molar-refractivity contribution is -0.133. The molecular weight excluding hydrogens is 210 g/mol. The predicted octanol–water partition coefficient (Wildman–Crippen LogP) is 0.998. The van der Waals surface area contributed by atoms with Gasteiger partial charge in [-0.3, -0.25) is 4.79 Å². The summed E-state index contributed by atoms with van der Waals surface area (Å²) in [5, 5.41) is 0. The van der Waals surface area contributed by atoms with Gasteiger partial charge in [0, 0.05) is 18.8 Å². The molecular formula is C11H13NO4. The van der Waals surface area contributed by atoms with Crippen molar-refractivity contribution in [3.63, 3.8) is 0 Å². The standard InChI is InChI=1S/C11H13NO4/c1-12-5-8(4-9(12)6-13)10(7-15-2)11(14)16-3/h4-7H,1-3H3/b10-7+. The van der Waals surface area contributed by atoms with E-state index in [9.17, 15) is 9.59 Å². The molecule has 1 aromatic heterocycles. The summed E-state index contributed by atoms with van der Waals surface area (Å²) in [7, 11) is 4.44. The quantitative estimate of drug-likeness (QED) is 0.330. The molecule has 16 heavy (non-hydrogen) atoms. The Morgan fingerprint density at radius 3 is 2.56 bits per heavy atom. The first kappa shape index (κ1) is 12.0. The van der Waals surface area contributed by atoms with E-state index in [1.807, 2.05) is 0 Å². The van der Waals surface area contributed by atoms with Crippen molar-refractivity contribution in [3.05, 3.63) is 29.8 Å². The van der Waals surface area contributed by atoms with Crippen LogP contribution in [0.4, 0.5) is 0 Å². The topological polar surface area (TPSA) is 57.5 Å². The van der Waals surface area contributed by atoms with Crippen LogP contribution in [-0.4, -0.2) is 31.0 Å². The Morgan fingerprint density at radius 1 is 1.44 bits per heavy atom. The Kier molecular flexibility index (Phi) is 3.88. The molecule has 0 aliphatic heterocycles. The van der Waals surface area contributed by atoms with E-state index in [-0.39, 0.29) is 5.57 Å². The number of aryl methyl sites for hydroxylation is 1. The Bertz CT molecular complexity index is 431. The molecule has 0 saturated carbocycles. The highest BCUT2D eigenvalue weighted by molar-refractivity contribution is 6.16. The summed E-state index contributed by atoms with van der Waals surface area (Å²) in [6.07, 6.45) is 3.66. The average molecular weight is 223 g/mol. The maximum Gasteiger partial charge on any atom is 0.341 e. The largest absolute Gasteiger partial charge is 0.503 e. The number of carbonyl (C=O) groups excluding carboxylic acids is 2. The molecule has 0 saturated heterocycles. The van der Waals surface area contributed by atoms with Crippen LogP contribution in [0.25, 0.3) is 5.57 Å². The molecule has 0 spiro atoms. The van der Waals surface area contributed by atoms with Crippen LogP contribution in [0.2, 0.25) is 0 Å². The number of hydrogen-bond donors (Lipinski definition) is 0. The second kappa shape index (κ2) is 5.16. The predicted molar refractivity (Wildman–Crippen MR) is 57.8 cm³/mol. The molecule has 0 radical (unpaired) electrons. The first-order valence-electron chi connectivity index (χ1n) is 4.57. The van der Waals surface area contributed by atoms with Crippen molar-refractivity contribution in [2.45, 2.75) is 0 Å². The maximum absolute atomic E-state index is 11.4. The van der Waals surface area contributed by atoms with Crippen molar-refractivity contribution in [2.24, 2.45) is 7.05 Å². The summed E-state index contributed by atoms with van der Waals surface area (Å²) in [5.74, 6) is -0.509. The molecule has 0 atom stereocenters. The molecule has 0 N–H and O–H groups in total. The zero-order valence-corrected chi connectivity index (χ0v) is 9.39. The number of ether oxygens (including phenoxy) is 2. The third kappa shape index (κ3) is 2.31. The number of esters is 1. The highest BCUT2D eigenvalue weighted by Crippen LogP contribution is 2.18. The number of aromatic nitrogens is 1. The van der Waals surface area contributed by atoms with Gasteiger partial charge in [-0.25, -0.2) is 4.79 Å². The maximum atomic E-state index is 11.4. The number of rotatable bonds is 4. The second-order valence-electron chi connectivity index (χ2n) is 3.14. The zero-order chi connectivity index (χ0) is 12.1. The van der Waals surface area contributed by atoms with Gasteiger partial charge in [0.1, 0.15) is 5.57 Å². The molecule has 5 nitrogen and oxygen atoms in total. The van der Waals surface area contributed by atoms with E-state index >= 15 is 0 Å². The van der Waals surface area contributed by atoms with Crippen LogP contribution in [-0.2, 0) is 21.3 Å². The zero-order valence-electron chi connectivity index (χ0n) is 9.39. The Labute approximate surface area is 93.3 Å². The molecule has 0 aromatic carbocycles. The van der Waals surface area contributed by atoms with Gasteiger partial charge in [0.2, 0.25) is 0 Å². The first-order chi connectivity index (χ1) is 7.63. The molecule has 5 heteroatoms. The molecule has 0 bridgehead atoms. The Hall–Kier alpha value is -2.04. The van der Waals surface area contributed by atoms with Gasteiger partial charge in [-0.15, -0.1) is 0 Å². The fourth-order valence-corrected chi connectivity index (χ4v) is 1.31. The molecule has 1 rings (SSSR count). The number of nitrogens with zero attached hydrogens (tertiary/aromatic N) is 1. The number of hydrogen-bond acceptors (Lipinski definition) is 4. The van der Waals surface area contributed by atoms with E-state index in [0.29, 0.717) is 17.5 Å². The molecule has 1 aromatic rings. The van der Waals surface area contributed by atoms with Crippen LogP contribution in [0.5, 0.6) is 0 Å². The van der Waals surface area contributed by atoms with Crippen LogP contribution in [0, 0.1) is 0 Å². The fourth-order valence-electron chi connectivity index (χ4n) is 1.31. The number of carbonyl (C=O) groups is 2. The average Bonchev–Trinajstić information content (AvgIpc) is 2.66. The van der Waals surface area contributed by atoms with E-state index in [2.05, 4.69) is 4.74 Å². The smallest absolute Gasteiger partial charge is 0.341 e. The molecule has 0 aliphatic rings. The van der Waals surface area contributed by atoms with Gasteiger partial charge < -0.3 is 14.0 Å². The van der Waals surface area contributed by atoms with E-state index in [4.69, 9.17) is 4.74 Å². The van der Waals surface area contributed by atoms with E-state index in [1.165, 1.54) is 20.5 Å². The van der Waals surface area contributed by atoms with Gasteiger partial charge in [-0.1, -0.05) is 0 Å². The minimum atomic E-state index is -0.509. The molecule has 1 heterocycles. The summed E-state index contributed by atoms with van der Waals surface area (Å²) in [6.45, 7) is 0. The van der Waals surface area contributed by atoms with Gasteiger partial charge in [-0.2, -0.15) is 0 Å². The molecule has 0 unspecified atom stereocenters. The van der Waals surface area contributed by atoms with Gasteiger partial charge in [0.25, 0.3) is 0 Å². The highest BCUT2D eigenvalue weighted by atomic mass is 16.5. The normalized spacial score (nSPS) is 11.1. The van der Waals surface area contributed by atoms with Crippen molar-refractivity contribution in [1.82, 2.24) is 4.57 Å². The molecule has 86 valence electrons. The van der Waals surface area contributed by atoms with Gasteiger partial charge in [-0.05, 0) is 6.07 Å². The summed E-state index contributed by atoms with van der Waals surface area (Å²) in [5.41, 5.74) is 1.33. The minimum Gasteiger partial charge on any atom is -0.503 e. The van der Waals surface area contributed by atoms with Crippen molar-refractivity contribution in [3.8, 4) is 0 Å². The summed E-state index contributed by atoms with van der Waals surface area (Å²) >= 11 is 0. The third-order valence-electron chi connectivity index (χ3n) is 2.12. The number of methoxy groups -OCH3 is 2. The Balaban J connectivity index is 3.16. The first-order valence-corrected chi connectivity index (χ1v) is 4.57. The van der Waals surface area contributed by atoms with Crippen molar-refractivity contribution < 1.29 is 19.1 Å². The lowest BCUT2D eigenvalue weighted by Crippen LogP contribution is -2.03. The summed E-state index contributed by atoms with van der Waals surface area (Å²) in [4.78, 5) is 22.1. The molecule has 0 amide bonds.